The molecule has 15 heavy (non-hydrogen) atoms. The first kappa shape index (κ1) is 11.4. The highest BCUT2D eigenvalue weighted by Gasteiger charge is 2.37. The SMILES string of the molecule is CCCC1(N2CCCCC2)CCCCC1. The molecule has 1 heterocycles. The maximum Gasteiger partial charge on any atom is 0.0209 e. The van der Waals surface area contributed by atoms with Crippen LogP contribution in [0, 0.1) is 0 Å². The third-order valence-corrected chi connectivity index (χ3v) is 4.53. The lowest BCUT2D eigenvalue weighted by molar-refractivity contribution is 0.0259. The summed E-state index contributed by atoms with van der Waals surface area (Å²) in [6.07, 6.45) is 14.6. The van der Waals surface area contributed by atoms with Gasteiger partial charge in [0.2, 0.25) is 0 Å². The van der Waals surface area contributed by atoms with Crippen LogP contribution in [0.1, 0.15) is 71.1 Å². The molecule has 1 heteroatoms. The molecule has 0 atom stereocenters. The summed E-state index contributed by atoms with van der Waals surface area (Å²) in [6.45, 7) is 5.14. The lowest BCUT2D eigenvalue weighted by Gasteiger charge is -2.48. The molecule has 1 aliphatic carbocycles. The predicted octanol–water partition coefficient (Wildman–Crippen LogP) is 3.98. The molecular weight excluding hydrogens is 182 g/mol. The molecule has 0 aromatic rings. The summed E-state index contributed by atoms with van der Waals surface area (Å²) in [5.74, 6) is 0. The van der Waals surface area contributed by atoms with Gasteiger partial charge in [-0.2, -0.15) is 0 Å². The van der Waals surface area contributed by atoms with E-state index in [1.165, 1.54) is 77.3 Å². The summed E-state index contributed by atoms with van der Waals surface area (Å²) < 4.78 is 0. The Hall–Kier alpha value is -0.0400. The molecule has 88 valence electrons. The van der Waals surface area contributed by atoms with Crippen molar-refractivity contribution in [1.82, 2.24) is 4.90 Å². The van der Waals surface area contributed by atoms with Gasteiger partial charge < -0.3 is 0 Å². The van der Waals surface area contributed by atoms with Crippen molar-refractivity contribution in [2.45, 2.75) is 76.7 Å². The highest BCUT2D eigenvalue weighted by atomic mass is 15.2. The summed E-state index contributed by atoms with van der Waals surface area (Å²) in [4.78, 5) is 2.86. The van der Waals surface area contributed by atoms with Gasteiger partial charge in [0.15, 0.2) is 0 Å². The van der Waals surface area contributed by atoms with Crippen LogP contribution in [0.15, 0.2) is 0 Å². The Morgan fingerprint density at radius 3 is 2.07 bits per heavy atom. The van der Waals surface area contributed by atoms with E-state index in [2.05, 4.69) is 11.8 Å². The minimum Gasteiger partial charge on any atom is -0.298 e. The van der Waals surface area contributed by atoms with Crippen LogP contribution in [0.4, 0.5) is 0 Å². The van der Waals surface area contributed by atoms with E-state index < -0.39 is 0 Å². The van der Waals surface area contributed by atoms with E-state index >= 15 is 0 Å². The molecule has 1 saturated heterocycles. The first-order valence-corrected chi connectivity index (χ1v) is 7.12. The summed E-state index contributed by atoms with van der Waals surface area (Å²) in [5.41, 5.74) is 0.632. The second kappa shape index (κ2) is 5.34. The van der Waals surface area contributed by atoms with Crippen LogP contribution in [0.25, 0.3) is 0 Å². The van der Waals surface area contributed by atoms with Crippen LogP contribution in [-0.4, -0.2) is 23.5 Å². The maximum absolute atomic E-state index is 2.86. The van der Waals surface area contributed by atoms with E-state index in [-0.39, 0.29) is 0 Å². The molecule has 0 amide bonds. The minimum atomic E-state index is 0.632. The molecule has 1 nitrogen and oxygen atoms in total. The smallest absolute Gasteiger partial charge is 0.0209 e. The highest BCUT2D eigenvalue weighted by molar-refractivity contribution is 4.93. The van der Waals surface area contributed by atoms with E-state index in [9.17, 15) is 0 Å². The van der Waals surface area contributed by atoms with Crippen molar-refractivity contribution in [3.8, 4) is 0 Å². The highest BCUT2D eigenvalue weighted by Crippen LogP contribution is 2.38. The molecule has 1 aliphatic heterocycles. The fourth-order valence-corrected chi connectivity index (χ4v) is 3.77. The molecule has 2 aliphatic rings. The van der Waals surface area contributed by atoms with Gasteiger partial charge in [-0.05, 0) is 45.2 Å². The van der Waals surface area contributed by atoms with Crippen LogP contribution in [0.2, 0.25) is 0 Å². The van der Waals surface area contributed by atoms with Gasteiger partial charge in [-0.15, -0.1) is 0 Å². The van der Waals surface area contributed by atoms with Crippen molar-refractivity contribution >= 4 is 0 Å². The fraction of sp³-hybridized carbons (Fsp3) is 1.00. The van der Waals surface area contributed by atoms with Gasteiger partial charge in [-0.1, -0.05) is 39.0 Å². The fourth-order valence-electron chi connectivity index (χ4n) is 3.77. The Bertz CT molecular complexity index is 170. The van der Waals surface area contributed by atoms with Crippen LogP contribution in [0.5, 0.6) is 0 Å². The van der Waals surface area contributed by atoms with Crippen LogP contribution in [0.3, 0.4) is 0 Å². The number of rotatable bonds is 3. The Kier molecular flexibility index (Phi) is 4.07. The zero-order valence-electron chi connectivity index (χ0n) is 10.4. The number of likely N-dealkylation sites (tertiary alicyclic amines) is 1. The van der Waals surface area contributed by atoms with Crippen LogP contribution < -0.4 is 0 Å². The summed E-state index contributed by atoms with van der Waals surface area (Å²) in [6, 6.07) is 0. The van der Waals surface area contributed by atoms with Gasteiger partial charge in [-0.25, -0.2) is 0 Å². The molecule has 2 rings (SSSR count). The van der Waals surface area contributed by atoms with E-state index in [1.54, 1.807) is 0 Å². The standard InChI is InChI=1S/C14H27N/c1-2-9-14(10-5-3-6-11-14)15-12-7-4-8-13-15/h2-13H2,1H3. The van der Waals surface area contributed by atoms with Crippen LogP contribution in [-0.2, 0) is 0 Å². The van der Waals surface area contributed by atoms with E-state index in [1.807, 2.05) is 0 Å². The van der Waals surface area contributed by atoms with Gasteiger partial charge in [0, 0.05) is 5.54 Å². The van der Waals surface area contributed by atoms with Crippen molar-refractivity contribution in [2.75, 3.05) is 13.1 Å². The lowest BCUT2D eigenvalue weighted by Crippen LogP contribution is -2.52. The minimum absolute atomic E-state index is 0.632. The van der Waals surface area contributed by atoms with Crippen molar-refractivity contribution in [2.24, 2.45) is 0 Å². The van der Waals surface area contributed by atoms with Crippen molar-refractivity contribution < 1.29 is 0 Å². The first-order chi connectivity index (χ1) is 7.37. The molecule has 0 spiro atoms. The van der Waals surface area contributed by atoms with Crippen molar-refractivity contribution in [3.05, 3.63) is 0 Å². The van der Waals surface area contributed by atoms with Gasteiger partial charge in [0.05, 0.1) is 0 Å². The number of hydrogen-bond acceptors (Lipinski definition) is 1. The summed E-state index contributed by atoms with van der Waals surface area (Å²) >= 11 is 0. The average Bonchev–Trinajstić information content (AvgIpc) is 2.32. The van der Waals surface area contributed by atoms with Gasteiger partial charge in [0.25, 0.3) is 0 Å². The maximum atomic E-state index is 2.86. The third kappa shape index (κ3) is 2.55. The zero-order valence-corrected chi connectivity index (χ0v) is 10.4. The van der Waals surface area contributed by atoms with Gasteiger partial charge in [-0.3, -0.25) is 4.90 Å². The number of nitrogens with zero attached hydrogens (tertiary/aromatic N) is 1. The molecule has 0 aromatic heterocycles. The summed E-state index contributed by atoms with van der Waals surface area (Å²) in [7, 11) is 0. The summed E-state index contributed by atoms with van der Waals surface area (Å²) in [5, 5.41) is 0. The molecule has 0 radical (unpaired) electrons. The second-order valence-electron chi connectivity index (χ2n) is 5.58. The average molecular weight is 209 g/mol. The molecule has 0 N–H and O–H groups in total. The Balaban J connectivity index is 2.01. The van der Waals surface area contributed by atoms with E-state index in [4.69, 9.17) is 0 Å². The molecule has 2 fully saturated rings. The van der Waals surface area contributed by atoms with Crippen molar-refractivity contribution in [1.29, 1.82) is 0 Å². The van der Waals surface area contributed by atoms with E-state index in [0.29, 0.717) is 5.54 Å². The third-order valence-electron chi connectivity index (χ3n) is 4.53. The molecule has 0 unspecified atom stereocenters. The quantitative estimate of drug-likeness (QED) is 0.679. The Labute approximate surface area is 95.2 Å². The predicted molar refractivity (Wildman–Crippen MR) is 66.1 cm³/mol. The monoisotopic (exact) mass is 209 g/mol. The van der Waals surface area contributed by atoms with Crippen LogP contribution >= 0.6 is 0 Å². The Morgan fingerprint density at radius 2 is 1.47 bits per heavy atom. The number of piperidine rings is 1. The van der Waals surface area contributed by atoms with Gasteiger partial charge in [0.1, 0.15) is 0 Å². The number of hydrogen-bond donors (Lipinski definition) is 0. The zero-order chi connectivity index (χ0) is 10.6. The van der Waals surface area contributed by atoms with Gasteiger partial charge >= 0.3 is 0 Å². The molecular formula is C14H27N. The lowest BCUT2D eigenvalue weighted by atomic mass is 9.76. The molecule has 0 aromatic carbocycles. The normalized spacial score (nSPS) is 27.8. The largest absolute Gasteiger partial charge is 0.298 e. The Morgan fingerprint density at radius 1 is 0.867 bits per heavy atom. The molecule has 1 saturated carbocycles. The van der Waals surface area contributed by atoms with Crippen molar-refractivity contribution in [3.63, 3.8) is 0 Å². The topological polar surface area (TPSA) is 3.24 Å². The van der Waals surface area contributed by atoms with E-state index in [0.717, 1.165) is 0 Å². The molecule has 0 bridgehead atoms. The second-order valence-corrected chi connectivity index (χ2v) is 5.58. The first-order valence-electron chi connectivity index (χ1n) is 7.12.